The zero-order valence-corrected chi connectivity index (χ0v) is 13.9. The Morgan fingerprint density at radius 2 is 2.33 bits per heavy atom. The minimum atomic E-state index is 0.591. The van der Waals surface area contributed by atoms with Crippen LogP contribution in [0.25, 0.3) is 0 Å². The van der Waals surface area contributed by atoms with E-state index < -0.39 is 0 Å². The Morgan fingerprint density at radius 1 is 1.50 bits per heavy atom. The van der Waals surface area contributed by atoms with Crippen LogP contribution in [0.3, 0.4) is 0 Å². The van der Waals surface area contributed by atoms with E-state index >= 15 is 0 Å². The van der Waals surface area contributed by atoms with Crippen molar-refractivity contribution in [3.05, 3.63) is 20.3 Å². The molecule has 0 radical (unpaired) electrons. The molecule has 2 unspecified atom stereocenters. The SMILES string of the molecule is CCCCCC(C)NC1CCCc2sc(Br)cc21. The fourth-order valence-corrected chi connectivity index (χ4v) is 4.64. The summed E-state index contributed by atoms with van der Waals surface area (Å²) in [5.74, 6) is 0. The van der Waals surface area contributed by atoms with Gasteiger partial charge in [-0.05, 0) is 60.2 Å². The lowest BCUT2D eigenvalue weighted by atomic mass is 9.93. The van der Waals surface area contributed by atoms with Gasteiger partial charge in [0.15, 0.2) is 0 Å². The molecule has 1 N–H and O–H groups in total. The number of hydrogen-bond donors (Lipinski definition) is 1. The topological polar surface area (TPSA) is 12.0 Å². The molecule has 0 aliphatic heterocycles. The van der Waals surface area contributed by atoms with Crippen molar-refractivity contribution < 1.29 is 0 Å². The van der Waals surface area contributed by atoms with Crippen LogP contribution in [-0.4, -0.2) is 6.04 Å². The van der Waals surface area contributed by atoms with Gasteiger partial charge in [0.2, 0.25) is 0 Å². The second-order valence-corrected chi connectivity index (χ2v) is 7.95. The van der Waals surface area contributed by atoms with Gasteiger partial charge in [-0.2, -0.15) is 0 Å². The van der Waals surface area contributed by atoms with E-state index in [0.717, 1.165) is 0 Å². The van der Waals surface area contributed by atoms with Gasteiger partial charge in [-0.3, -0.25) is 0 Å². The molecule has 1 aromatic heterocycles. The number of halogens is 1. The summed E-state index contributed by atoms with van der Waals surface area (Å²) in [4.78, 5) is 1.59. The highest BCUT2D eigenvalue weighted by atomic mass is 79.9. The van der Waals surface area contributed by atoms with Crippen LogP contribution in [0.5, 0.6) is 0 Å². The lowest BCUT2D eigenvalue weighted by Crippen LogP contribution is -2.32. The van der Waals surface area contributed by atoms with Gasteiger partial charge in [0.1, 0.15) is 0 Å². The van der Waals surface area contributed by atoms with Gasteiger partial charge >= 0.3 is 0 Å². The van der Waals surface area contributed by atoms with Crippen molar-refractivity contribution in [1.82, 2.24) is 5.32 Å². The Morgan fingerprint density at radius 3 is 3.11 bits per heavy atom. The molecule has 102 valence electrons. The van der Waals surface area contributed by atoms with Gasteiger partial charge in [0.05, 0.1) is 3.79 Å². The van der Waals surface area contributed by atoms with Gasteiger partial charge < -0.3 is 5.32 Å². The molecule has 2 atom stereocenters. The molecule has 2 rings (SSSR count). The minimum Gasteiger partial charge on any atom is -0.307 e. The number of nitrogens with one attached hydrogen (secondary N) is 1. The first-order valence-electron chi connectivity index (χ1n) is 7.25. The van der Waals surface area contributed by atoms with Gasteiger partial charge in [-0.25, -0.2) is 0 Å². The third-order valence-corrected chi connectivity index (χ3v) is 5.52. The molecular formula is C15H24BrNS. The standard InChI is InChI=1S/C15H24BrNS/c1-3-4-5-7-11(2)17-13-8-6-9-14-12(13)10-15(16)18-14/h10-11,13,17H,3-9H2,1-2H3. The molecule has 0 saturated carbocycles. The molecule has 0 bridgehead atoms. The normalized spacial score (nSPS) is 20.7. The summed E-state index contributed by atoms with van der Waals surface area (Å²) in [5, 5.41) is 3.83. The molecule has 0 amide bonds. The van der Waals surface area contributed by atoms with Crippen molar-refractivity contribution in [3.8, 4) is 0 Å². The second kappa shape index (κ2) is 7.06. The second-order valence-electron chi connectivity index (χ2n) is 5.44. The van der Waals surface area contributed by atoms with Crippen LogP contribution in [0.4, 0.5) is 0 Å². The van der Waals surface area contributed by atoms with E-state index in [2.05, 4.69) is 41.2 Å². The number of aryl methyl sites for hydroxylation is 1. The highest BCUT2D eigenvalue weighted by Gasteiger charge is 2.23. The molecule has 1 heterocycles. The molecule has 3 heteroatoms. The van der Waals surface area contributed by atoms with Crippen LogP contribution in [-0.2, 0) is 6.42 Å². The molecular weight excluding hydrogens is 306 g/mol. The van der Waals surface area contributed by atoms with Crippen LogP contribution in [0.1, 0.15) is 68.9 Å². The van der Waals surface area contributed by atoms with Crippen LogP contribution < -0.4 is 5.32 Å². The lowest BCUT2D eigenvalue weighted by molar-refractivity contribution is 0.389. The molecule has 1 aliphatic carbocycles. The zero-order valence-electron chi connectivity index (χ0n) is 11.5. The van der Waals surface area contributed by atoms with Gasteiger partial charge in [-0.1, -0.05) is 26.2 Å². The summed E-state index contributed by atoms with van der Waals surface area (Å²) >= 11 is 5.55. The van der Waals surface area contributed by atoms with E-state index in [4.69, 9.17) is 0 Å². The number of unbranched alkanes of at least 4 members (excludes halogenated alkanes) is 2. The van der Waals surface area contributed by atoms with Crippen LogP contribution in [0.15, 0.2) is 9.85 Å². The highest BCUT2D eigenvalue weighted by molar-refractivity contribution is 9.11. The van der Waals surface area contributed by atoms with Crippen LogP contribution >= 0.6 is 27.3 Å². The Bertz CT molecular complexity index is 375. The fraction of sp³-hybridized carbons (Fsp3) is 0.733. The molecule has 18 heavy (non-hydrogen) atoms. The predicted molar refractivity (Wildman–Crippen MR) is 84.4 cm³/mol. The largest absolute Gasteiger partial charge is 0.307 e. The molecule has 1 nitrogen and oxygen atoms in total. The van der Waals surface area contributed by atoms with Crippen molar-refractivity contribution in [1.29, 1.82) is 0 Å². The minimum absolute atomic E-state index is 0.591. The van der Waals surface area contributed by atoms with E-state index in [-0.39, 0.29) is 0 Å². The van der Waals surface area contributed by atoms with Crippen molar-refractivity contribution in [2.45, 2.75) is 70.9 Å². The molecule has 0 saturated heterocycles. The Balaban J connectivity index is 1.90. The summed E-state index contributed by atoms with van der Waals surface area (Å²) in [6.07, 6.45) is 9.26. The first kappa shape index (κ1) is 14.5. The molecule has 0 aromatic carbocycles. The Kier molecular flexibility index (Phi) is 5.71. The number of hydrogen-bond acceptors (Lipinski definition) is 2. The Hall–Kier alpha value is 0.140. The summed E-state index contributed by atoms with van der Waals surface area (Å²) < 4.78 is 1.29. The maximum atomic E-state index is 3.83. The van der Waals surface area contributed by atoms with E-state index in [0.29, 0.717) is 12.1 Å². The van der Waals surface area contributed by atoms with E-state index in [1.807, 2.05) is 11.3 Å². The van der Waals surface area contributed by atoms with Crippen LogP contribution in [0.2, 0.25) is 0 Å². The van der Waals surface area contributed by atoms with Crippen molar-refractivity contribution >= 4 is 27.3 Å². The maximum absolute atomic E-state index is 3.83. The quantitative estimate of drug-likeness (QED) is 0.684. The zero-order chi connectivity index (χ0) is 13.0. The molecule has 0 fully saturated rings. The molecule has 1 aliphatic rings. The average molecular weight is 330 g/mol. The van der Waals surface area contributed by atoms with Crippen molar-refractivity contribution in [2.75, 3.05) is 0 Å². The summed E-state index contributed by atoms with van der Waals surface area (Å²) in [6.45, 7) is 4.61. The third-order valence-electron chi connectivity index (χ3n) is 3.81. The number of fused-ring (bicyclic) bond motifs is 1. The third kappa shape index (κ3) is 3.82. The van der Waals surface area contributed by atoms with Gasteiger partial charge in [0.25, 0.3) is 0 Å². The van der Waals surface area contributed by atoms with Crippen LogP contribution in [0, 0.1) is 0 Å². The predicted octanol–water partition coefficient (Wildman–Crippen LogP) is 5.45. The number of rotatable bonds is 6. The first-order valence-corrected chi connectivity index (χ1v) is 8.85. The monoisotopic (exact) mass is 329 g/mol. The van der Waals surface area contributed by atoms with E-state index in [1.54, 1.807) is 10.4 Å². The summed E-state index contributed by atoms with van der Waals surface area (Å²) in [7, 11) is 0. The fourth-order valence-electron chi connectivity index (χ4n) is 2.82. The average Bonchev–Trinajstić information content (AvgIpc) is 2.71. The van der Waals surface area contributed by atoms with Crippen molar-refractivity contribution in [2.24, 2.45) is 0 Å². The van der Waals surface area contributed by atoms with Gasteiger partial charge in [0, 0.05) is 17.0 Å². The highest BCUT2D eigenvalue weighted by Crippen LogP contribution is 2.38. The molecule has 0 spiro atoms. The maximum Gasteiger partial charge on any atom is 0.0704 e. The first-order chi connectivity index (χ1) is 8.70. The summed E-state index contributed by atoms with van der Waals surface area (Å²) in [6, 6.07) is 3.56. The molecule has 1 aromatic rings. The van der Waals surface area contributed by atoms with Gasteiger partial charge in [-0.15, -0.1) is 11.3 Å². The van der Waals surface area contributed by atoms with Crippen molar-refractivity contribution in [3.63, 3.8) is 0 Å². The smallest absolute Gasteiger partial charge is 0.0704 e. The number of thiophene rings is 1. The lowest BCUT2D eigenvalue weighted by Gasteiger charge is -2.27. The van der Waals surface area contributed by atoms with E-state index in [1.165, 1.54) is 48.7 Å². The van der Waals surface area contributed by atoms with E-state index in [9.17, 15) is 0 Å². The Labute approximate surface area is 123 Å². The summed E-state index contributed by atoms with van der Waals surface area (Å²) in [5.41, 5.74) is 1.56.